The van der Waals surface area contributed by atoms with Crippen molar-refractivity contribution in [3.05, 3.63) is 77.9 Å². The van der Waals surface area contributed by atoms with Crippen molar-refractivity contribution in [1.29, 1.82) is 0 Å². The number of hydrogen-bond donors (Lipinski definition) is 0. The van der Waals surface area contributed by atoms with Crippen LogP contribution in [0.3, 0.4) is 0 Å². The number of benzene rings is 3. The number of carbonyl (C=O) groups is 1. The number of terminal acetylenes is 1. The second-order valence-electron chi connectivity index (χ2n) is 6.60. The van der Waals surface area contributed by atoms with Gasteiger partial charge in [-0.05, 0) is 41.0 Å². The summed E-state index contributed by atoms with van der Waals surface area (Å²) in [5.74, 6) is 2.03. The average molecular weight is 407 g/mol. The topological polar surface area (TPSA) is 63.7 Å². The highest BCUT2D eigenvalue weighted by molar-refractivity contribution is 7.86. The SMILES string of the molecule is C#CCN(C)C(=O)c1cccc(S(=O)(=O)OCCc2ccc3ccccc3c2)c1. The Labute approximate surface area is 171 Å². The van der Waals surface area contributed by atoms with E-state index in [0.717, 1.165) is 16.3 Å². The molecule has 5 nitrogen and oxygen atoms in total. The van der Waals surface area contributed by atoms with E-state index in [1.807, 2.05) is 42.5 Å². The lowest BCUT2D eigenvalue weighted by molar-refractivity contribution is 0.0812. The van der Waals surface area contributed by atoms with Gasteiger partial charge in [0.25, 0.3) is 16.0 Å². The summed E-state index contributed by atoms with van der Waals surface area (Å²) < 4.78 is 30.2. The highest BCUT2D eigenvalue weighted by Gasteiger charge is 2.18. The number of nitrogens with zero attached hydrogens (tertiary/aromatic N) is 1. The fourth-order valence-electron chi connectivity index (χ4n) is 2.95. The van der Waals surface area contributed by atoms with Gasteiger partial charge in [0.1, 0.15) is 0 Å². The van der Waals surface area contributed by atoms with E-state index >= 15 is 0 Å². The first-order valence-electron chi connectivity index (χ1n) is 9.07. The molecule has 0 saturated heterocycles. The van der Waals surface area contributed by atoms with Crippen LogP contribution in [0.15, 0.2) is 71.6 Å². The van der Waals surface area contributed by atoms with Gasteiger partial charge in [-0.2, -0.15) is 8.42 Å². The maximum Gasteiger partial charge on any atom is 0.297 e. The lowest BCUT2D eigenvalue weighted by Gasteiger charge is -2.14. The van der Waals surface area contributed by atoms with Gasteiger partial charge in [0.05, 0.1) is 18.0 Å². The van der Waals surface area contributed by atoms with Gasteiger partial charge in [0.2, 0.25) is 0 Å². The van der Waals surface area contributed by atoms with Crippen LogP contribution >= 0.6 is 0 Å². The molecule has 3 rings (SSSR count). The van der Waals surface area contributed by atoms with Crippen molar-refractivity contribution in [2.24, 2.45) is 0 Å². The second kappa shape index (κ2) is 8.91. The molecule has 0 N–H and O–H groups in total. The smallest absolute Gasteiger partial charge is 0.297 e. The normalized spacial score (nSPS) is 11.2. The lowest BCUT2D eigenvalue weighted by atomic mass is 10.1. The molecule has 0 radical (unpaired) electrons. The lowest BCUT2D eigenvalue weighted by Crippen LogP contribution is -2.27. The minimum Gasteiger partial charge on any atom is -0.331 e. The Kier molecular flexibility index (Phi) is 6.32. The molecule has 0 heterocycles. The summed E-state index contributed by atoms with van der Waals surface area (Å²) in [5.41, 5.74) is 1.22. The maximum atomic E-state index is 12.5. The van der Waals surface area contributed by atoms with Gasteiger partial charge in [-0.3, -0.25) is 8.98 Å². The first-order valence-corrected chi connectivity index (χ1v) is 10.5. The number of fused-ring (bicyclic) bond motifs is 1. The molecule has 3 aromatic carbocycles. The molecular weight excluding hydrogens is 386 g/mol. The van der Waals surface area contributed by atoms with E-state index in [-0.39, 0.29) is 29.5 Å². The molecule has 0 bridgehead atoms. The Morgan fingerprint density at radius 1 is 1.03 bits per heavy atom. The average Bonchev–Trinajstić information content (AvgIpc) is 2.73. The summed E-state index contributed by atoms with van der Waals surface area (Å²) in [6, 6.07) is 19.7. The van der Waals surface area contributed by atoms with Gasteiger partial charge in [-0.25, -0.2) is 0 Å². The van der Waals surface area contributed by atoms with Crippen LogP contribution in [0.4, 0.5) is 0 Å². The van der Waals surface area contributed by atoms with Crippen LogP contribution in [-0.4, -0.2) is 39.4 Å². The monoisotopic (exact) mass is 407 g/mol. The molecule has 0 fully saturated rings. The van der Waals surface area contributed by atoms with Crippen molar-refractivity contribution in [3.63, 3.8) is 0 Å². The summed E-state index contributed by atoms with van der Waals surface area (Å²) in [6.07, 6.45) is 5.67. The molecule has 0 aromatic heterocycles. The zero-order valence-corrected chi connectivity index (χ0v) is 16.9. The number of amides is 1. The molecule has 1 amide bonds. The summed E-state index contributed by atoms with van der Waals surface area (Å²) in [6.45, 7) is 0.147. The predicted octanol–water partition coefficient (Wildman–Crippen LogP) is 3.49. The molecule has 0 aliphatic rings. The minimum atomic E-state index is -3.98. The molecule has 29 heavy (non-hydrogen) atoms. The van der Waals surface area contributed by atoms with Crippen LogP contribution in [0.2, 0.25) is 0 Å². The number of rotatable bonds is 7. The van der Waals surface area contributed by atoms with Crippen LogP contribution in [0, 0.1) is 12.3 Å². The second-order valence-corrected chi connectivity index (χ2v) is 8.22. The first kappa shape index (κ1) is 20.6. The first-order chi connectivity index (χ1) is 13.9. The third-order valence-electron chi connectivity index (χ3n) is 4.49. The maximum absolute atomic E-state index is 12.5. The summed E-state index contributed by atoms with van der Waals surface area (Å²) in [4.78, 5) is 13.6. The molecule has 0 spiro atoms. The number of carbonyl (C=O) groups excluding carboxylic acids is 1. The predicted molar refractivity (Wildman–Crippen MR) is 113 cm³/mol. The van der Waals surface area contributed by atoms with Crippen molar-refractivity contribution in [2.75, 3.05) is 20.2 Å². The van der Waals surface area contributed by atoms with E-state index in [9.17, 15) is 13.2 Å². The fourth-order valence-corrected chi connectivity index (χ4v) is 3.90. The molecular formula is C23H21NO4S. The van der Waals surface area contributed by atoms with Crippen LogP contribution in [-0.2, 0) is 20.7 Å². The summed E-state index contributed by atoms with van der Waals surface area (Å²) in [7, 11) is -2.42. The summed E-state index contributed by atoms with van der Waals surface area (Å²) in [5, 5.41) is 2.22. The Morgan fingerprint density at radius 3 is 2.55 bits per heavy atom. The quantitative estimate of drug-likeness (QED) is 0.444. The molecule has 6 heteroatoms. The standard InChI is InChI=1S/C23H21NO4S/c1-3-14-24(2)23(25)21-9-6-10-22(17-21)29(26,27)28-15-13-18-11-12-19-7-4-5-8-20(19)16-18/h1,4-12,16-17H,13-15H2,2H3. The molecule has 0 unspecified atom stereocenters. The minimum absolute atomic E-state index is 0.00977. The molecule has 0 aliphatic carbocycles. The Bertz CT molecular complexity index is 1180. The van der Waals surface area contributed by atoms with Crippen LogP contribution < -0.4 is 0 Å². The van der Waals surface area contributed by atoms with Crippen LogP contribution in [0.25, 0.3) is 10.8 Å². The Balaban J connectivity index is 1.68. The Morgan fingerprint density at radius 2 is 1.79 bits per heavy atom. The van der Waals surface area contributed by atoms with E-state index in [2.05, 4.69) is 5.92 Å². The third-order valence-corrected chi connectivity index (χ3v) is 5.80. The Hall–Kier alpha value is -3.14. The van der Waals surface area contributed by atoms with Gasteiger partial charge >= 0.3 is 0 Å². The largest absolute Gasteiger partial charge is 0.331 e. The fraction of sp³-hybridized carbons (Fsp3) is 0.174. The van der Waals surface area contributed by atoms with E-state index in [4.69, 9.17) is 10.6 Å². The number of hydrogen-bond acceptors (Lipinski definition) is 4. The van der Waals surface area contributed by atoms with E-state index in [0.29, 0.717) is 6.42 Å². The molecule has 3 aromatic rings. The van der Waals surface area contributed by atoms with Crippen molar-refractivity contribution in [2.45, 2.75) is 11.3 Å². The highest BCUT2D eigenvalue weighted by Crippen LogP contribution is 2.18. The van der Waals surface area contributed by atoms with Crippen LogP contribution in [0.1, 0.15) is 15.9 Å². The molecule has 0 aliphatic heterocycles. The van der Waals surface area contributed by atoms with Gasteiger partial charge in [-0.1, -0.05) is 54.5 Å². The van der Waals surface area contributed by atoms with Crippen LogP contribution in [0.5, 0.6) is 0 Å². The van der Waals surface area contributed by atoms with Crippen molar-refractivity contribution in [1.82, 2.24) is 4.90 Å². The van der Waals surface area contributed by atoms with Gasteiger partial charge < -0.3 is 4.90 Å². The van der Waals surface area contributed by atoms with E-state index in [1.54, 1.807) is 13.1 Å². The van der Waals surface area contributed by atoms with Gasteiger partial charge in [0, 0.05) is 12.6 Å². The van der Waals surface area contributed by atoms with Crippen molar-refractivity contribution >= 4 is 26.8 Å². The van der Waals surface area contributed by atoms with E-state index in [1.165, 1.54) is 23.1 Å². The van der Waals surface area contributed by atoms with Gasteiger partial charge in [0.15, 0.2) is 0 Å². The van der Waals surface area contributed by atoms with E-state index < -0.39 is 10.1 Å². The van der Waals surface area contributed by atoms with Crippen molar-refractivity contribution < 1.29 is 17.4 Å². The summed E-state index contributed by atoms with van der Waals surface area (Å²) >= 11 is 0. The zero-order valence-electron chi connectivity index (χ0n) is 16.0. The van der Waals surface area contributed by atoms with Gasteiger partial charge in [-0.15, -0.1) is 6.42 Å². The van der Waals surface area contributed by atoms with Crippen molar-refractivity contribution in [3.8, 4) is 12.3 Å². The highest BCUT2D eigenvalue weighted by atomic mass is 32.2. The molecule has 148 valence electrons. The zero-order chi connectivity index (χ0) is 20.9. The molecule has 0 saturated carbocycles. The molecule has 0 atom stereocenters. The third kappa shape index (κ3) is 5.02.